The lowest BCUT2D eigenvalue weighted by Gasteiger charge is -2.34. The Morgan fingerprint density at radius 3 is 1.88 bits per heavy atom. The zero-order chi connectivity index (χ0) is 13.0. The largest absolute Gasteiger partial charge is 0.315 e. The molecule has 0 rings (SSSR count). The highest BCUT2D eigenvalue weighted by Gasteiger charge is 2.38. The summed E-state index contributed by atoms with van der Waals surface area (Å²) in [7, 11) is -1.19. The highest BCUT2D eigenvalue weighted by molar-refractivity contribution is 7.92. The van der Waals surface area contributed by atoms with Gasteiger partial charge in [-0.25, -0.2) is 8.42 Å². The number of sulfone groups is 1. The number of hydrogen-bond acceptors (Lipinski definition) is 3. The molecule has 1 unspecified atom stereocenters. The zero-order valence-corrected chi connectivity index (χ0v) is 12.3. The molecule has 0 bridgehead atoms. The SMILES string of the molecule is CCC(CC)CC(NC)C(C)(C)S(C)(=O)=O. The van der Waals surface area contributed by atoms with Crippen molar-refractivity contribution in [3.8, 4) is 0 Å². The molecule has 0 aromatic heterocycles. The molecule has 0 spiro atoms. The van der Waals surface area contributed by atoms with E-state index in [1.54, 1.807) is 0 Å². The van der Waals surface area contributed by atoms with Crippen LogP contribution in [0.15, 0.2) is 0 Å². The van der Waals surface area contributed by atoms with Crippen LogP contribution in [0.5, 0.6) is 0 Å². The molecule has 0 aliphatic carbocycles. The predicted octanol–water partition coefficient (Wildman–Crippen LogP) is 2.22. The maximum Gasteiger partial charge on any atom is 0.154 e. The van der Waals surface area contributed by atoms with E-state index >= 15 is 0 Å². The van der Waals surface area contributed by atoms with E-state index in [9.17, 15) is 8.42 Å². The monoisotopic (exact) mass is 249 g/mol. The summed E-state index contributed by atoms with van der Waals surface area (Å²) in [6.45, 7) is 7.94. The van der Waals surface area contributed by atoms with Crippen LogP contribution < -0.4 is 5.32 Å². The topological polar surface area (TPSA) is 46.2 Å². The summed E-state index contributed by atoms with van der Waals surface area (Å²) in [6.07, 6.45) is 4.46. The Morgan fingerprint density at radius 2 is 1.62 bits per heavy atom. The van der Waals surface area contributed by atoms with Crippen LogP contribution in [0.1, 0.15) is 47.0 Å². The predicted molar refractivity (Wildman–Crippen MR) is 70.5 cm³/mol. The third kappa shape index (κ3) is 3.74. The van der Waals surface area contributed by atoms with Crippen molar-refractivity contribution in [3.05, 3.63) is 0 Å². The van der Waals surface area contributed by atoms with Crippen LogP contribution in [0, 0.1) is 5.92 Å². The Bertz CT molecular complexity index is 292. The third-order valence-electron chi connectivity index (χ3n) is 3.87. The molecule has 1 N–H and O–H groups in total. The van der Waals surface area contributed by atoms with Gasteiger partial charge in [0.05, 0.1) is 4.75 Å². The second kappa shape index (κ2) is 6.01. The third-order valence-corrected chi connectivity index (χ3v) is 6.06. The number of rotatable bonds is 7. The summed E-state index contributed by atoms with van der Waals surface area (Å²) >= 11 is 0. The Kier molecular flexibility index (Phi) is 5.98. The Labute approximate surface area is 101 Å². The second-order valence-electron chi connectivity index (χ2n) is 5.14. The fourth-order valence-electron chi connectivity index (χ4n) is 1.96. The highest BCUT2D eigenvalue weighted by Crippen LogP contribution is 2.27. The van der Waals surface area contributed by atoms with Crippen molar-refractivity contribution in [2.24, 2.45) is 5.92 Å². The van der Waals surface area contributed by atoms with E-state index in [1.165, 1.54) is 6.26 Å². The van der Waals surface area contributed by atoms with E-state index in [0.29, 0.717) is 5.92 Å². The smallest absolute Gasteiger partial charge is 0.154 e. The summed E-state index contributed by atoms with van der Waals surface area (Å²) in [5, 5.41) is 3.17. The first-order chi connectivity index (χ1) is 7.20. The van der Waals surface area contributed by atoms with Crippen molar-refractivity contribution in [2.75, 3.05) is 13.3 Å². The molecule has 3 nitrogen and oxygen atoms in total. The van der Waals surface area contributed by atoms with E-state index in [0.717, 1.165) is 19.3 Å². The van der Waals surface area contributed by atoms with Crippen LogP contribution in [0.3, 0.4) is 0 Å². The number of hydrogen-bond donors (Lipinski definition) is 1. The normalized spacial score (nSPS) is 15.4. The first-order valence-corrected chi connectivity index (χ1v) is 7.96. The molecule has 0 heterocycles. The molecule has 16 heavy (non-hydrogen) atoms. The minimum atomic E-state index is -3.04. The summed E-state index contributed by atoms with van der Waals surface area (Å²) < 4.78 is 22.8. The van der Waals surface area contributed by atoms with E-state index in [-0.39, 0.29) is 6.04 Å². The Hall–Kier alpha value is -0.0900. The van der Waals surface area contributed by atoms with Gasteiger partial charge in [0.2, 0.25) is 0 Å². The average molecular weight is 249 g/mol. The highest BCUT2D eigenvalue weighted by atomic mass is 32.2. The van der Waals surface area contributed by atoms with Gasteiger partial charge in [-0.1, -0.05) is 26.7 Å². The lowest BCUT2D eigenvalue weighted by molar-refractivity contribution is 0.331. The molecular weight excluding hydrogens is 222 g/mol. The fraction of sp³-hybridized carbons (Fsp3) is 1.00. The summed E-state index contributed by atoms with van der Waals surface area (Å²) in [5.74, 6) is 0.596. The summed E-state index contributed by atoms with van der Waals surface area (Å²) in [4.78, 5) is 0. The van der Waals surface area contributed by atoms with Crippen LogP contribution in [-0.2, 0) is 9.84 Å². The molecule has 98 valence electrons. The first kappa shape index (κ1) is 15.9. The van der Waals surface area contributed by atoms with E-state index in [2.05, 4.69) is 19.2 Å². The van der Waals surface area contributed by atoms with Crippen LogP contribution in [0.25, 0.3) is 0 Å². The van der Waals surface area contributed by atoms with Crippen molar-refractivity contribution in [1.82, 2.24) is 5.32 Å². The molecule has 0 saturated heterocycles. The summed E-state index contributed by atoms with van der Waals surface area (Å²) in [6, 6.07) is 0.0207. The standard InChI is InChI=1S/C12H27NO2S/c1-7-10(8-2)9-11(13-5)12(3,4)16(6,14)15/h10-11,13H,7-9H2,1-6H3. The van der Waals surface area contributed by atoms with Gasteiger partial charge in [-0.3, -0.25) is 0 Å². The minimum Gasteiger partial charge on any atom is -0.315 e. The molecule has 0 aliphatic heterocycles. The Balaban J connectivity index is 4.86. The molecule has 0 aromatic rings. The van der Waals surface area contributed by atoms with E-state index in [4.69, 9.17) is 0 Å². The molecule has 0 saturated carbocycles. The van der Waals surface area contributed by atoms with Gasteiger partial charge in [-0.15, -0.1) is 0 Å². The molecular formula is C12H27NO2S. The lowest BCUT2D eigenvalue weighted by atomic mass is 9.89. The van der Waals surface area contributed by atoms with Gasteiger partial charge in [0.25, 0.3) is 0 Å². The van der Waals surface area contributed by atoms with Crippen LogP contribution >= 0.6 is 0 Å². The minimum absolute atomic E-state index is 0.0207. The van der Waals surface area contributed by atoms with Crippen molar-refractivity contribution in [1.29, 1.82) is 0 Å². The van der Waals surface area contributed by atoms with Crippen molar-refractivity contribution < 1.29 is 8.42 Å². The van der Waals surface area contributed by atoms with Crippen molar-refractivity contribution in [3.63, 3.8) is 0 Å². The van der Waals surface area contributed by atoms with Gasteiger partial charge < -0.3 is 5.32 Å². The van der Waals surface area contributed by atoms with Gasteiger partial charge in [-0.2, -0.15) is 0 Å². The maximum atomic E-state index is 11.8. The maximum absolute atomic E-state index is 11.8. The molecule has 0 radical (unpaired) electrons. The second-order valence-corrected chi connectivity index (χ2v) is 7.73. The van der Waals surface area contributed by atoms with Gasteiger partial charge >= 0.3 is 0 Å². The van der Waals surface area contributed by atoms with Gasteiger partial charge in [0.15, 0.2) is 9.84 Å². The van der Waals surface area contributed by atoms with Crippen LogP contribution in [-0.4, -0.2) is 32.5 Å². The van der Waals surface area contributed by atoms with Gasteiger partial charge in [0.1, 0.15) is 0 Å². The van der Waals surface area contributed by atoms with Crippen LogP contribution in [0.4, 0.5) is 0 Å². The van der Waals surface area contributed by atoms with Gasteiger partial charge in [0, 0.05) is 12.3 Å². The summed E-state index contributed by atoms with van der Waals surface area (Å²) in [5.41, 5.74) is 0. The lowest BCUT2D eigenvalue weighted by Crippen LogP contribution is -2.51. The molecule has 4 heteroatoms. The Morgan fingerprint density at radius 1 is 1.19 bits per heavy atom. The van der Waals surface area contributed by atoms with Crippen molar-refractivity contribution in [2.45, 2.75) is 57.7 Å². The van der Waals surface area contributed by atoms with Crippen molar-refractivity contribution >= 4 is 9.84 Å². The van der Waals surface area contributed by atoms with E-state index < -0.39 is 14.6 Å². The van der Waals surface area contributed by atoms with Gasteiger partial charge in [-0.05, 0) is 33.2 Å². The molecule has 0 aliphatic rings. The quantitative estimate of drug-likeness (QED) is 0.752. The molecule has 0 fully saturated rings. The van der Waals surface area contributed by atoms with Crippen LogP contribution in [0.2, 0.25) is 0 Å². The average Bonchev–Trinajstić information content (AvgIpc) is 2.17. The molecule has 0 aromatic carbocycles. The number of nitrogens with one attached hydrogen (secondary N) is 1. The van der Waals surface area contributed by atoms with E-state index in [1.807, 2.05) is 20.9 Å². The molecule has 0 amide bonds. The molecule has 1 atom stereocenters. The fourth-order valence-corrected chi connectivity index (χ4v) is 2.69. The zero-order valence-electron chi connectivity index (χ0n) is 11.5. The first-order valence-electron chi connectivity index (χ1n) is 6.07.